The van der Waals surface area contributed by atoms with Gasteiger partial charge in [0.2, 0.25) is 5.91 Å². The highest BCUT2D eigenvalue weighted by Gasteiger charge is 2.40. The van der Waals surface area contributed by atoms with Crippen LogP contribution in [0.2, 0.25) is 0 Å². The molecule has 1 aromatic rings. The summed E-state index contributed by atoms with van der Waals surface area (Å²) in [6.45, 7) is 1.87. The van der Waals surface area contributed by atoms with Gasteiger partial charge in [0.1, 0.15) is 0 Å². The molecule has 1 aromatic carbocycles. The van der Waals surface area contributed by atoms with E-state index < -0.39 is 5.97 Å². The molecule has 4 nitrogen and oxygen atoms in total. The lowest BCUT2D eigenvalue weighted by Gasteiger charge is -2.21. The lowest BCUT2D eigenvalue weighted by atomic mass is 9.86. The molecule has 2 saturated carbocycles. The Bertz CT molecular complexity index is 581. The number of aromatic carboxylic acids is 1. The predicted molar refractivity (Wildman–Crippen MR) is 80.3 cm³/mol. The fourth-order valence-electron chi connectivity index (χ4n) is 3.96. The summed E-state index contributed by atoms with van der Waals surface area (Å²) in [7, 11) is 0. The van der Waals surface area contributed by atoms with Crippen molar-refractivity contribution in [2.75, 3.05) is 5.32 Å². The third-order valence-corrected chi connectivity index (χ3v) is 5.09. The zero-order valence-electron chi connectivity index (χ0n) is 12.3. The van der Waals surface area contributed by atoms with E-state index in [4.69, 9.17) is 5.11 Å². The van der Waals surface area contributed by atoms with Crippen molar-refractivity contribution in [3.8, 4) is 0 Å². The average Bonchev–Trinajstić information content (AvgIpc) is 3.03. The van der Waals surface area contributed by atoms with Crippen LogP contribution in [0.15, 0.2) is 18.2 Å². The Morgan fingerprint density at radius 1 is 1.29 bits per heavy atom. The maximum Gasteiger partial charge on any atom is 0.335 e. The smallest absolute Gasteiger partial charge is 0.335 e. The molecule has 0 aromatic heterocycles. The summed E-state index contributed by atoms with van der Waals surface area (Å²) in [5.41, 5.74) is 1.71. The summed E-state index contributed by atoms with van der Waals surface area (Å²) < 4.78 is 0. The van der Waals surface area contributed by atoms with Crippen molar-refractivity contribution in [3.63, 3.8) is 0 Å². The number of amides is 1. The van der Waals surface area contributed by atoms with Crippen LogP contribution in [0.4, 0.5) is 5.69 Å². The van der Waals surface area contributed by atoms with E-state index >= 15 is 0 Å². The van der Waals surface area contributed by atoms with Gasteiger partial charge in [-0.15, -0.1) is 0 Å². The molecule has 4 heteroatoms. The number of aryl methyl sites for hydroxylation is 1. The first-order valence-electron chi connectivity index (χ1n) is 7.66. The fourth-order valence-corrected chi connectivity index (χ4v) is 3.96. The zero-order valence-corrected chi connectivity index (χ0v) is 12.3. The molecule has 0 radical (unpaired) electrons. The summed E-state index contributed by atoms with van der Waals surface area (Å²) in [5.74, 6) is 1.13. The van der Waals surface area contributed by atoms with E-state index in [1.165, 1.54) is 31.7 Å². The van der Waals surface area contributed by atoms with E-state index in [-0.39, 0.29) is 11.5 Å². The lowest BCUT2D eigenvalue weighted by molar-refractivity contribution is -0.117. The third-order valence-electron chi connectivity index (χ3n) is 5.09. The Balaban J connectivity index is 1.64. The van der Waals surface area contributed by atoms with Crippen LogP contribution in [0.25, 0.3) is 0 Å². The third kappa shape index (κ3) is 2.94. The van der Waals surface area contributed by atoms with E-state index in [9.17, 15) is 9.59 Å². The van der Waals surface area contributed by atoms with Gasteiger partial charge in [0.25, 0.3) is 0 Å². The quantitative estimate of drug-likeness (QED) is 0.891. The molecule has 2 aliphatic carbocycles. The van der Waals surface area contributed by atoms with Gasteiger partial charge < -0.3 is 10.4 Å². The van der Waals surface area contributed by atoms with Crippen molar-refractivity contribution >= 4 is 17.6 Å². The molecule has 0 aliphatic heterocycles. The number of anilines is 1. The molecule has 21 heavy (non-hydrogen) atoms. The molecule has 0 spiro atoms. The molecular formula is C17H21NO3. The summed E-state index contributed by atoms with van der Waals surface area (Å²) in [6.07, 6.45) is 5.66. The second kappa shape index (κ2) is 5.51. The van der Waals surface area contributed by atoms with Crippen molar-refractivity contribution in [2.45, 2.75) is 39.0 Å². The number of nitrogens with one attached hydrogen (secondary N) is 1. The normalized spacial score (nSPS) is 26.8. The van der Waals surface area contributed by atoms with Crippen molar-refractivity contribution in [3.05, 3.63) is 29.3 Å². The van der Waals surface area contributed by atoms with Crippen LogP contribution in [-0.4, -0.2) is 17.0 Å². The predicted octanol–water partition coefficient (Wildman–Crippen LogP) is 3.46. The van der Waals surface area contributed by atoms with E-state index in [2.05, 4.69) is 5.32 Å². The SMILES string of the molecule is Cc1ccc(C(=O)O)cc1NC(=O)CC1CC2CCC1C2. The van der Waals surface area contributed by atoms with Crippen LogP contribution in [0.5, 0.6) is 0 Å². The first-order valence-corrected chi connectivity index (χ1v) is 7.66. The molecular weight excluding hydrogens is 266 g/mol. The molecule has 3 rings (SSSR count). The van der Waals surface area contributed by atoms with Crippen molar-refractivity contribution < 1.29 is 14.7 Å². The monoisotopic (exact) mass is 287 g/mol. The number of benzene rings is 1. The van der Waals surface area contributed by atoms with E-state index in [0.717, 1.165) is 17.4 Å². The lowest BCUT2D eigenvalue weighted by Crippen LogP contribution is -2.20. The molecule has 3 unspecified atom stereocenters. The largest absolute Gasteiger partial charge is 0.478 e. The molecule has 2 aliphatic rings. The Morgan fingerprint density at radius 3 is 2.71 bits per heavy atom. The van der Waals surface area contributed by atoms with Gasteiger partial charge in [-0.3, -0.25) is 4.79 Å². The number of hydrogen-bond donors (Lipinski definition) is 2. The van der Waals surface area contributed by atoms with Gasteiger partial charge in [-0.2, -0.15) is 0 Å². The molecule has 112 valence electrons. The maximum absolute atomic E-state index is 12.2. The summed E-state index contributed by atoms with van der Waals surface area (Å²) >= 11 is 0. The Kier molecular flexibility index (Phi) is 3.70. The minimum absolute atomic E-state index is 0.0122. The highest BCUT2D eigenvalue weighted by molar-refractivity contribution is 5.94. The van der Waals surface area contributed by atoms with Crippen molar-refractivity contribution in [1.29, 1.82) is 0 Å². The van der Waals surface area contributed by atoms with Crippen LogP contribution in [-0.2, 0) is 4.79 Å². The van der Waals surface area contributed by atoms with E-state index in [1.54, 1.807) is 12.1 Å². The first kappa shape index (κ1) is 14.1. The molecule has 2 fully saturated rings. The summed E-state index contributed by atoms with van der Waals surface area (Å²) in [4.78, 5) is 23.2. The van der Waals surface area contributed by atoms with E-state index in [1.807, 2.05) is 6.92 Å². The van der Waals surface area contributed by atoms with Crippen LogP contribution < -0.4 is 5.32 Å². The van der Waals surface area contributed by atoms with Crippen LogP contribution >= 0.6 is 0 Å². The molecule has 3 atom stereocenters. The van der Waals surface area contributed by atoms with Gasteiger partial charge in [-0.25, -0.2) is 4.79 Å². The van der Waals surface area contributed by atoms with Gasteiger partial charge >= 0.3 is 5.97 Å². The van der Waals surface area contributed by atoms with Crippen molar-refractivity contribution in [1.82, 2.24) is 0 Å². The van der Waals surface area contributed by atoms with Gasteiger partial charge in [0, 0.05) is 12.1 Å². The Morgan fingerprint density at radius 2 is 2.10 bits per heavy atom. The molecule has 1 amide bonds. The number of rotatable bonds is 4. The van der Waals surface area contributed by atoms with Crippen LogP contribution in [0, 0.1) is 24.7 Å². The van der Waals surface area contributed by atoms with E-state index in [0.29, 0.717) is 18.0 Å². The minimum Gasteiger partial charge on any atom is -0.478 e. The fraction of sp³-hybridized carbons (Fsp3) is 0.529. The zero-order chi connectivity index (χ0) is 15.0. The minimum atomic E-state index is -0.974. The summed E-state index contributed by atoms with van der Waals surface area (Å²) in [6, 6.07) is 4.83. The van der Waals surface area contributed by atoms with Crippen LogP contribution in [0.3, 0.4) is 0 Å². The first-order chi connectivity index (χ1) is 10.0. The molecule has 0 heterocycles. The summed E-state index contributed by atoms with van der Waals surface area (Å²) in [5, 5.41) is 11.9. The van der Waals surface area contributed by atoms with Crippen LogP contribution in [0.1, 0.15) is 48.0 Å². The molecule has 2 bridgehead atoms. The van der Waals surface area contributed by atoms with Gasteiger partial charge in [0.15, 0.2) is 0 Å². The molecule has 0 saturated heterocycles. The van der Waals surface area contributed by atoms with Gasteiger partial charge in [-0.05, 0) is 61.6 Å². The van der Waals surface area contributed by atoms with Gasteiger partial charge in [0.05, 0.1) is 5.56 Å². The average molecular weight is 287 g/mol. The number of fused-ring (bicyclic) bond motifs is 2. The van der Waals surface area contributed by atoms with Crippen molar-refractivity contribution in [2.24, 2.45) is 17.8 Å². The Labute approximate surface area is 124 Å². The Hall–Kier alpha value is -1.84. The number of carboxylic acid groups (broad SMARTS) is 1. The number of carbonyl (C=O) groups is 2. The highest BCUT2D eigenvalue weighted by atomic mass is 16.4. The highest BCUT2D eigenvalue weighted by Crippen LogP contribution is 2.49. The van der Waals surface area contributed by atoms with Gasteiger partial charge in [-0.1, -0.05) is 12.5 Å². The topological polar surface area (TPSA) is 66.4 Å². The maximum atomic E-state index is 12.2. The number of carboxylic acids is 1. The molecule has 2 N–H and O–H groups in total. The standard InChI is InChI=1S/C17H21NO3/c1-10-2-4-13(17(20)21)8-15(10)18-16(19)9-14-7-11-3-5-12(14)6-11/h2,4,8,11-12,14H,3,5-7,9H2,1H3,(H,18,19)(H,20,21). The number of carbonyl (C=O) groups excluding carboxylic acids is 1. The second-order valence-corrected chi connectivity index (χ2v) is 6.52. The second-order valence-electron chi connectivity index (χ2n) is 6.52. The number of hydrogen-bond acceptors (Lipinski definition) is 2.